The van der Waals surface area contributed by atoms with Crippen LogP contribution in [0.15, 0.2) is 30.3 Å². The summed E-state index contributed by atoms with van der Waals surface area (Å²) in [5, 5.41) is 0.725. The number of rotatable bonds is 7. The number of nitrogens with zero attached hydrogens (tertiary/aromatic N) is 3. The largest absolute Gasteiger partial charge is 0.494 e. The van der Waals surface area contributed by atoms with Gasteiger partial charge in [0.25, 0.3) is 0 Å². The maximum absolute atomic E-state index is 13.3. The molecule has 3 rings (SSSR count). The van der Waals surface area contributed by atoms with Gasteiger partial charge >= 0.3 is 0 Å². The number of benzene rings is 2. The van der Waals surface area contributed by atoms with Crippen LogP contribution in [0.2, 0.25) is 0 Å². The third-order valence-electron chi connectivity index (χ3n) is 5.14. The summed E-state index contributed by atoms with van der Waals surface area (Å²) < 4.78 is 6.55. The second-order valence-corrected chi connectivity index (χ2v) is 8.68. The monoisotopic (exact) mass is 411 g/mol. The van der Waals surface area contributed by atoms with Gasteiger partial charge in [0, 0.05) is 13.1 Å². The minimum absolute atomic E-state index is 0.0609. The maximum atomic E-state index is 13.3. The maximum Gasteiger partial charge on any atom is 0.233 e. The molecule has 0 bridgehead atoms. The summed E-state index contributed by atoms with van der Waals surface area (Å²) in [6.45, 7) is 7.59. The number of fused-ring (bicyclic) bond motifs is 1. The zero-order valence-electron chi connectivity index (χ0n) is 18.1. The Labute approximate surface area is 176 Å². The fourth-order valence-corrected chi connectivity index (χ4v) is 4.28. The summed E-state index contributed by atoms with van der Waals surface area (Å²) >= 11 is 1.55. The number of carbonyl (C=O) groups excluding carboxylic acids is 1. The van der Waals surface area contributed by atoms with Crippen molar-refractivity contribution in [2.24, 2.45) is 0 Å². The summed E-state index contributed by atoms with van der Waals surface area (Å²) in [6, 6.07) is 10.2. The highest BCUT2D eigenvalue weighted by Crippen LogP contribution is 2.36. The van der Waals surface area contributed by atoms with Gasteiger partial charge in [0.05, 0.1) is 18.2 Å². The highest BCUT2D eigenvalue weighted by molar-refractivity contribution is 7.22. The lowest BCUT2D eigenvalue weighted by Crippen LogP contribution is -2.37. The minimum Gasteiger partial charge on any atom is -0.494 e. The molecule has 1 amide bonds. The molecule has 6 heteroatoms. The van der Waals surface area contributed by atoms with Crippen LogP contribution in [0.4, 0.5) is 5.13 Å². The van der Waals surface area contributed by atoms with Crippen molar-refractivity contribution >= 4 is 32.6 Å². The van der Waals surface area contributed by atoms with E-state index in [1.165, 1.54) is 11.1 Å². The van der Waals surface area contributed by atoms with Gasteiger partial charge in [-0.3, -0.25) is 9.69 Å². The fraction of sp³-hybridized carbons (Fsp3) is 0.391. The fourth-order valence-electron chi connectivity index (χ4n) is 3.19. The number of thiazole rings is 1. The van der Waals surface area contributed by atoms with Crippen molar-refractivity contribution in [1.82, 2.24) is 9.88 Å². The van der Waals surface area contributed by atoms with Crippen LogP contribution >= 0.6 is 11.3 Å². The number of likely N-dealkylation sites (N-methyl/N-ethyl adjacent to an activating group) is 1. The molecule has 5 nitrogen and oxygen atoms in total. The van der Waals surface area contributed by atoms with Crippen LogP contribution in [-0.2, 0) is 11.2 Å². The number of carbonyl (C=O) groups is 1. The van der Waals surface area contributed by atoms with Crippen molar-refractivity contribution in [1.29, 1.82) is 0 Å². The van der Waals surface area contributed by atoms with Crippen molar-refractivity contribution in [3.63, 3.8) is 0 Å². The van der Waals surface area contributed by atoms with Gasteiger partial charge in [-0.1, -0.05) is 35.6 Å². The van der Waals surface area contributed by atoms with Gasteiger partial charge in [-0.05, 0) is 63.2 Å². The van der Waals surface area contributed by atoms with E-state index in [9.17, 15) is 4.79 Å². The van der Waals surface area contributed by atoms with E-state index in [0.29, 0.717) is 13.0 Å². The lowest BCUT2D eigenvalue weighted by atomic mass is 10.0. The zero-order valence-corrected chi connectivity index (χ0v) is 18.9. The summed E-state index contributed by atoms with van der Waals surface area (Å²) in [5.74, 6) is 0.799. The third-order valence-corrected chi connectivity index (χ3v) is 6.36. The quantitative estimate of drug-likeness (QED) is 0.579. The van der Waals surface area contributed by atoms with E-state index in [4.69, 9.17) is 9.72 Å². The summed E-state index contributed by atoms with van der Waals surface area (Å²) in [7, 11) is 5.67. The Balaban J connectivity index is 1.96. The molecule has 1 heterocycles. The van der Waals surface area contributed by atoms with E-state index < -0.39 is 0 Å². The van der Waals surface area contributed by atoms with Crippen LogP contribution in [0.5, 0.6) is 5.75 Å². The molecule has 0 radical (unpaired) electrons. The molecule has 0 atom stereocenters. The van der Waals surface area contributed by atoms with Crippen molar-refractivity contribution in [3.8, 4) is 5.75 Å². The molecule has 154 valence electrons. The van der Waals surface area contributed by atoms with E-state index >= 15 is 0 Å². The summed E-state index contributed by atoms with van der Waals surface area (Å²) in [6.07, 6.45) is 0.362. The second-order valence-electron chi connectivity index (χ2n) is 7.70. The number of anilines is 1. The SMILES string of the molecule is COc1ccc(C)c2sc(N(CCN(C)C)C(=O)Cc3ccc(C)c(C)c3)nc12. The minimum atomic E-state index is 0.0609. The topological polar surface area (TPSA) is 45.7 Å². The Bertz CT molecular complexity index is 1030. The molecular formula is C23H29N3O2S. The zero-order chi connectivity index (χ0) is 21.1. The first-order valence-corrected chi connectivity index (χ1v) is 10.6. The molecule has 0 aliphatic rings. The molecule has 0 saturated carbocycles. The Morgan fingerprint density at radius 1 is 1.03 bits per heavy atom. The first-order chi connectivity index (χ1) is 13.8. The molecule has 0 aliphatic heterocycles. The predicted octanol–water partition coefficient (Wildman–Crippen LogP) is 4.37. The van der Waals surface area contributed by atoms with Crippen molar-refractivity contribution in [2.45, 2.75) is 27.2 Å². The standard InChI is InChI=1S/C23H29N3O2S/c1-15-7-9-18(13-17(15)3)14-20(27)26(12-11-25(4)5)23-24-21-19(28-6)10-8-16(2)22(21)29-23/h7-10,13H,11-12,14H2,1-6H3. The van der Waals surface area contributed by atoms with E-state index in [1.807, 2.05) is 37.2 Å². The number of amides is 1. The van der Waals surface area contributed by atoms with Crippen LogP contribution < -0.4 is 9.64 Å². The van der Waals surface area contributed by atoms with Gasteiger partial charge in [0.15, 0.2) is 5.13 Å². The number of methoxy groups -OCH3 is 1. The second kappa shape index (κ2) is 8.93. The van der Waals surface area contributed by atoms with Gasteiger partial charge in [-0.2, -0.15) is 0 Å². The molecule has 0 spiro atoms. The number of hydrogen-bond acceptors (Lipinski definition) is 5. The van der Waals surface area contributed by atoms with Gasteiger partial charge in [-0.15, -0.1) is 0 Å². The van der Waals surface area contributed by atoms with Crippen LogP contribution in [0, 0.1) is 20.8 Å². The van der Waals surface area contributed by atoms with E-state index in [1.54, 1.807) is 18.4 Å². The Morgan fingerprint density at radius 3 is 2.41 bits per heavy atom. The third kappa shape index (κ3) is 4.77. The molecule has 0 N–H and O–H groups in total. The molecule has 0 unspecified atom stereocenters. The Morgan fingerprint density at radius 2 is 1.76 bits per heavy atom. The van der Waals surface area contributed by atoms with Gasteiger partial charge < -0.3 is 9.64 Å². The van der Waals surface area contributed by atoms with Crippen molar-refractivity contribution in [3.05, 3.63) is 52.6 Å². The number of hydrogen-bond donors (Lipinski definition) is 0. The van der Waals surface area contributed by atoms with E-state index in [-0.39, 0.29) is 5.91 Å². The molecule has 0 aliphatic carbocycles. The lowest BCUT2D eigenvalue weighted by Gasteiger charge is -2.22. The normalized spacial score (nSPS) is 11.3. The van der Waals surface area contributed by atoms with Crippen molar-refractivity contribution < 1.29 is 9.53 Å². The van der Waals surface area contributed by atoms with Crippen LogP contribution in [0.25, 0.3) is 10.2 Å². The number of ether oxygens (including phenoxy) is 1. The van der Waals surface area contributed by atoms with Gasteiger partial charge in [-0.25, -0.2) is 4.98 Å². The average molecular weight is 412 g/mol. The van der Waals surface area contributed by atoms with E-state index in [2.05, 4.69) is 37.8 Å². The first-order valence-electron chi connectivity index (χ1n) is 9.75. The molecule has 0 fully saturated rings. The van der Waals surface area contributed by atoms with Crippen LogP contribution in [0.1, 0.15) is 22.3 Å². The van der Waals surface area contributed by atoms with Crippen LogP contribution in [0.3, 0.4) is 0 Å². The molecule has 0 saturated heterocycles. The van der Waals surface area contributed by atoms with Crippen LogP contribution in [-0.4, -0.2) is 50.1 Å². The Kier molecular flexibility index (Phi) is 6.55. The summed E-state index contributed by atoms with van der Waals surface area (Å²) in [4.78, 5) is 22.0. The molecule has 2 aromatic carbocycles. The number of aromatic nitrogens is 1. The smallest absolute Gasteiger partial charge is 0.233 e. The lowest BCUT2D eigenvalue weighted by molar-refractivity contribution is -0.118. The summed E-state index contributed by atoms with van der Waals surface area (Å²) in [5.41, 5.74) is 5.43. The first kappa shape index (κ1) is 21.3. The molecular weight excluding hydrogens is 382 g/mol. The molecule has 29 heavy (non-hydrogen) atoms. The average Bonchev–Trinajstić information content (AvgIpc) is 3.11. The highest BCUT2D eigenvalue weighted by Gasteiger charge is 2.22. The highest BCUT2D eigenvalue weighted by atomic mass is 32.1. The van der Waals surface area contributed by atoms with Crippen molar-refractivity contribution in [2.75, 3.05) is 39.2 Å². The van der Waals surface area contributed by atoms with Gasteiger partial charge in [0.2, 0.25) is 5.91 Å². The Hall–Kier alpha value is -2.44. The van der Waals surface area contributed by atoms with Gasteiger partial charge in [0.1, 0.15) is 11.3 Å². The predicted molar refractivity (Wildman–Crippen MR) is 121 cm³/mol. The number of aryl methyl sites for hydroxylation is 3. The molecule has 3 aromatic rings. The van der Waals surface area contributed by atoms with E-state index in [0.717, 1.165) is 38.8 Å². The molecule has 1 aromatic heterocycles.